The first kappa shape index (κ1) is 31.4. The molecule has 2 aliphatic heterocycles. The number of aryl methyl sites for hydroxylation is 1. The first-order chi connectivity index (χ1) is 22.1. The Bertz CT molecular complexity index is 1560. The molecule has 0 bridgehead atoms. The molecule has 2 N–H and O–H groups in total. The standard InChI is InChI=1S/C35H44N6O5/c1-24-18-25(9-12-31(24)27-20-36-37-21-27)22-41(28-10-11-28)32(42)26-6-5-13-40(23-26)29-7-4-8-30(19-29)46-35(2,3)33(43)38-14-16-39(17-15-38)34(44)45/h4,7-9,12,18-21,26,28H,5-6,10-11,13-17,22-23H2,1-3H3,(H,36,37)(H,44,45)/t26-/m1/s1. The number of H-pyrrole nitrogens is 1. The number of aromatic nitrogens is 2. The second-order valence-electron chi connectivity index (χ2n) is 13.3. The number of anilines is 1. The first-order valence-corrected chi connectivity index (χ1v) is 16.3. The van der Waals surface area contributed by atoms with Gasteiger partial charge in [-0.1, -0.05) is 24.3 Å². The summed E-state index contributed by atoms with van der Waals surface area (Å²) in [6.45, 7) is 8.97. The Kier molecular flexibility index (Phi) is 8.93. The van der Waals surface area contributed by atoms with E-state index in [1.165, 1.54) is 10.5 Å². The van der Waals surface area contributed by atoms with E-state index in [9.17, 15) is 19.5 Å². The van der Waals surface area contributed by atoms with Gasteiger partial charge in [0.25, 0.3) is 5.91 Å². The molecule has 2 aromatic carbocycles. The van der Waals surface area contributed by atoms with Crippen molar-refractivity contribution in [3.63, 3.8) is 0 Å². The predicted octanol–water partition coefficient (Wildman–Crippen LogP) is 4.77. The van der Waals surface area contributed by atoms with Crippen LogP contribution in [0.1, 0.15) is 50.7 Å². The van der Waals surface area contributed by atoms with Crippen molar-refractivity contribution >= 4 is 23.6 Å². The Hall–Kier alpha value is -4.54. The lowest BCUT2D eigenvalue weighted by Crippen LogP contribution is -2.56. The molecule has 3 aliphatic rings. The number of amides is 3. The number of nitrogens with zero attached hydrogens (tertiary/aromatic N) is 5. The molecule has 1 aromatic heterocycles. The average Bonchev–Trinajstić information content (AvgIpc) is 3.76. The number of rotatable bonds is 9. The van der Waals surface area contributed by atoms with Gasteiger partial charge in [-0.05, 0) is 75.3 Å². The van der Waals surface area contributed by atoms with Crippen LogP contribution in [0, 0.1) is 12.8 Å². The van der Waals surface area contributed by atoms with Crippen molar-refractivity contribution in [2.75, 3.05) is 44.2 Å². The highest BCUT2D eigenvalue weighted by Gasteiger charge is 2.38. The van der Waals surface area contributed by atoms with E-state index in [0.717, 1.165) is 54.6 Å². The van der Waals surface area contributed by atoms with Crippen molar-refractivity contribution < 1.29 is 24.2 Å². The largest absolute Gasteiger partial charge is 0.478 e. The van der Waals surface area contributed by atoms with E-state index in [-0.39, 0.29) is 30.8 Å². The second-order valence-corrected chi connectivity index (χ2v) is 13.3. The van der Waals surface area contributed by atoms with Crippen LogP contribution < -0.4 is 9.64 Å². The van der Waals surface area contributed by atoms with Crippen LogP contribution in [0.2, 0.25) is 0 Å². The fourth-order valence-electron chi connectivity index (χ4n) is 6.73. The minimum Gasteiger partial charge on any atom is -0.478 e. The molecule has 6 rings (SSSR count). The van der Waals surface area contributed by atoms with E-state index >= 15 is 0 Å². The van der Waals surface area contributed by atoms with Gasteiger partial charge in [-0.25, -0.2) is 4.79 Å². The fourth-order valence-corrected chi connectivity index (χ4v) is 6.73. The normalized spacial score (nSPS) is 18.8. The van der Waals surface area contributed by atoms with Gasteiger partial charge in [0.2, 0.25) is 5.91 Å². The third-order valence-corrected chi connectivity index (χ3v) is 9.40. The Labute approximate surface area is 270 Å². The van der Waals surface area contributed by atoms with Gasteiger partial charge < -0.3 is 29.4 Å². The van der Waals surface area contributed by atoms with Gasteiger partial charge in [-0.2, -0.15) is 5.10 Å². The quantitative estimate of drug-likeness (QED) is 0.350. The van der Waals surface area contributed by atoms with Gasteiger partial charge >= 0.3 is 6.09 Å². The van der Waals surface area contributed by atoms with Gasteiger partial charge in [-0.15, -0.1) is 0 Å². The van der Waals surface area contributed by atoms with Crippen molar-refractivity contribution in [3.05, 3.63) is 66.0 Å². The summed E-state index contributed by atoms with van der Waals surface area (Å²) in [5, 5.41) is 16.2. The number of benzene rings is 2. The molecule has 0 spiro atoms. The Morgan fingerprint density at radius 2 is 1.78 bits per heavy atom. The van der Waals surface area contributed by atoms with Crippen molar-refractivity contribution in [3.8, 4) is 16.9 Å². The number of piperazine rings is 1. The summed E-state index contributed by atoms with van der Waals surface area (Å²) in [7, 11) is 0. The van der Waals surface area contributed by atoms with Crippen LogP contribution in [0.4, 0.5) is 10.5 Å². The van der Waals surface area contributed by atoms with E-state index in [0.29, 0.717) is 38.0 Å². The van der Waals surface area contributed by atoms with Gasteiger partial charge in [-0.3, -0.25) is 14.7 Å². The highest BCUT2D eigenvalue weighted by atomic mass is 16.5. The summed E-state index contributed by atoms with van der Waals surface area (Å²) in [5.74, 6) is 0.555. The Morgan fingerprint density at radius 3 is 2.46 bits per heavy atom. The molecule has 3 amide bonds. The molecule has 0 radical (unpaired) electrons. The maximum atomic E-state index is 14.0. The number of aromatic amines is 1. The molecule has 1 saturated carbocycles. The molecule has 11 heteroatoms. The zero-order valence-electron chi connectivity index (χ0n) is 26.9. The van der Waals surface area contributed by atoms with Crippen molar-refractivity contribution in [1.82, 2.24) is 24.9 Å². The van der Waals surface area contributed by atoms with E-state index in [2.05, 4.69) is 45.1 Å². The average molecular weight is 629 g/mol. The van der Waals surface area contributed by atoms with E-state index < -0.39 is 11.7 Å². The summed E-state index contributed by atoms with van der Waals surface area (Å²) in [5.41, 5.74) is 4.35. The smallest absolute Gasteiger partial charge is 0.407 e. The molecule has 3 fully saturated rings. The molecular formula is C35H44N6O5. The molecule has 1 aliphatic carbocycles. The maximum Gasteiger partial charge on any atom is 0.407 e. The number of hydrogen-bond acceptors (Lipinski definition) is 6. The molecular weight excluding hydrogens is 584 g/mol. The van der Waals surface area contributed by atoms with Gasteiger partial charge in [0.05, 0.1) is 12.1 Å². The third-order valence-electron chi connectivity index (χ3n) is 9.40. The molecule has 244 valence electrons. The number of ether oxygens (including phenoxy) is 1. The van der Waals surface area contributed by atoms with Crippen molar-refractivity contribution in [2.45, 2.75) is 64.6 Å². The van der Waals surface area contributed by atoms with Crippen LogP contribution >= 0.6 is 0 Å². The summed E-state index contributed by atoms with van der Waals surface area (Å²) in [6.07, 6.45) is 6.65. The van der Waals surface area contributed by atoms with Crippen molar-refractivity contribution in [2.24, 2.45) is 5.92 Å². The topological polar surface area (TPSA) is 122 Å². The highest BCUT2D eigenvalue weighted by molar-refractivity contribution is 5.85. The van der Waals surface area contributed by atoms with E-state index in [4.69, 9.17) is 4.74 Å². The minimum absolute atomic E-state index is 0.0901. The molecule has 11 nitrogen and oxygen atoms in total. The van der Waals surface area contributed by atoms with Gasteiger partial charge in [0, 0.05) is 75.4 Å². The lowest BCUT2D eigenvalue weighted by atomic mass is 9.95. The van der Waals surface area contributed by atoms with Crippen LogP contribution in [-0.4, -0.2) is 98.8 Å². The third kappa shape index (κ3) is 6.98. The second kappa shape index (κ2) is 13.1. The fraction of sp³-hybridized carbons (Fsp3) is 0.486. The number of carbonyl (C=O) groups is 3. The van der Waals surface area contributed by atoms with Crippen LogP contribution in [-0.2, 0) is 16.1 Å². The van der Waals surface area contributed by atoms with Crippen LogP contribution in [0.25, 0.3) is 11.1 Å². The Morgan fingerprint density at radius 1 is 1.02 bits per heavy atom. The first-order valence-electron chi connectivity index (χ1n) is 16.3. The highest BCUT2D eigenvalue weighted by Crippen LogP contribution is 2.34. The van der Waals surface area contributed by atoms with Crippen molar-refractivity contribution in [1.29, 1.82) is 0 Å². The number of nitrogens with one attached hydrogen (secondary N) is 1. The molecule has 3 aromatic rings. The number of carboxylic acid groups (broad SMARTS) is 1. The lowest BCUT2D eigenvalue weighted by Gasteiger charge is -2.38. The summed E-state index contributed by atoms with van der Waals surface area (Å²) in [4.78, 5) is 46.0. The van der Waals surface area contributed by atoms with Gasteiger partial charge in [0.15, 0.2) is 5.60 Å². The van der Waals surface area contributed by atoms with Crippen LogP contribution in [0.5, 0.6) is 5.75 Å². The predicted molar refractivity (Wildman–Crippen MR) is 175 cm³/mol. The maximum absolute atomic E-state index is 14.0. The van der Waals surface area contributed by atoms with Crippen LogP contribution in [0.3, 0.4) is 0 Å². The molecule has 3 heterocycles. The summed E-state index contributed by atoms with van der Waals surface area (Å²) >= 11 is 0. The minimum atomic E-state index is -1.12. The van der Waals surface area contributed by atoms with Gasteiger partial charge in [0.1, 0.15) is 5.75 Å². The zero-order chi connectivity index (χ0) is 32.4. The van der Waals surface area contributed by atoms with E-state index in [1.807, 2.05) is 36.7 Å². The summed E-state index contributed by atoms with van der Waals surface area (Å²) in [6, 6.07) is 14.5. The number of hydrogen-bond donors (Lipinski definition) is 2. The lowest BCUT2D eigenvalue weighted by molar-refractivity contribution is -0.147. The zero-order valence-corrected chi connectivity index (χ0v) is 26.9. The number of piperidine rings is 1. The molecule has 2 saturated heterocycles. The number of carbonyl (C=O) groups excluding carboxylic acids is 2. The SMILES string of the molecule is Cc1cc(CN(C(=O)[C@@H]2CCCN(c3cccc(OC(C)(C)C(=O)N4CCN(C(=O)O)CC4)c3)C2)C2CC2)ccc1-c1cn[nH]c1. The molecule has 0 unspecified atom stereocenters. The molecule has 46 heavy (non-hydrogen) atoms. The monoisotopic (exact) mass is 628 g/mol. The van der Waals surface area contributed by atoms with E-state index in [1.54, 1.807) is 18.7 Å². The van der Waals surface area contributed by atoms with Crippen LogP contribution in [0.15, 0.2) is 54.9 Å². The summed E-state index contributed by atoms with van der Waals surface area (Å²) < 4.78 is 6.25. The Balaban J connectivity index is 1.09. The molecule has 1 atom stereocenters.